The van der Waals surface area contributed by atoms with Crippen LogP contribution >= 0.6 is 11.6 Å². The normalized spacial score (nSPS) is 23.7. The molecule has 2 aliphatic heterocycles. The molecule has 25 heavy (non-hydrogen) atoms. The van der Waals surface area contributed by atoms with Crippen LogP contribution in [0.25, 0.3) is 6.08 Å². The number of esters is 1. The van der Waals surface area contributed by atoms with Crippen LogP contribution in [-0.2, 0) is 4.74 Å². The number of carbonyl (C=O) groups is 1. The zero-order chi connectivity index (χ0) is 17.3. The van der Waals surface area contributed by atoms with Crippen LogP contribution < -0.4 is 0 Å². The molecule has 3 nitrogen and oxygen atoms in total. The number of hydrogen-bond acceptors (Lipinski definition) is 3. The summed E-state index contributed by atoms with van der Waals surface area (Å²) in [6.07, 6.45) is 4.91. The number of carbonyl (C=O) groups excluding carboxylic acids is 1. The van der Waals surface area contributed by atoms with Crippen LogP contribution in [0.2, 0.25) is 5.02 Å². The molecule has 4 rings (SSSR count). The summed E-state index contributed by atoms with van der Waals surface area (Å²) < 4.78 is 6.00. The highest BCUT2D eigenvalue weighted by Gasteiger charge is 2.46. The quantitative estimate of drug-likeness (QED) is 0.744. The van der Waals surface area contributed by atoms with Gasteiger partial charge in [0.25, 0.3) is 0 Å². The molecule has 2 aromatic rings. The van der Waals surface area contributed by atoms with Crippen LogP contribution in [0.15, 0.2) is 60.3 Å². The van der Waals surface area contributed by atoms with Gasteiger partial charge in [-0.1, -0.05) is 41.9 Å². The number of rotatable bonds is 3. The first-order valence-corrected chi connectivity index (χ1v) is 9.01. The number of hydrogen-bond donors (Lipinski definition) is 0. The molecular formula is C21H20ClNO2. The number of piperidine rings is 1. The second kappa shape index (κ2) is 6.57. The zero-order valence-electron chi connectivity index (χ0n) is 14.0. The van der Waals surface area contributed by atoms with Crippen LogP contribution in [0.4, 0.5) is 0 Å². The first kappa shape index (κ1) is 16.2. The van der Waals surface area contributed by atoms with E-state index >= 15 is 0 Å². The molecule has 2 heterocycles. The molecule has 0 aliphatic carbocycles. The van der Waals surface area contributed by atoms with Crippen LogP contribution in [0.3, 0.4) is 0 Å². The Bertz CT molecular complexity index is 800. The molecule has 0 spiro atoms. The van der Waals surface area contributed by atoms with Crippen LogP contribution in [0.5, 0.6) is 0 Å². The number of nitrogens with zero attached hydrogens (tertiary/aromatic N) is 1. The van der Waals surface area contributed by atoms with Gasteiger partial charge in [0.2, 0.25) is 0 Å². The first-order valence-electron chi connectivity index (χ1n) is 8.63. The average Bonchev–Trinajstić information content (AvgIpc) is 2.87. The Morgan fingerprint density at radius 3 is 2.64 bits per heavy atom. The van der Waals surface area contributed by atoms with E-state index in [-0.39, 0.29) is 5.97 Å². The third-order valence-corrected chi connectivity index (χ3v) is 5.22. The van der Waals surface area contributed by atoms with Gasteiger partial charge in [-0.3, -0.25) is 0 Å². The first-order chi connectivity index (χ1) is 12.1. The van der Waals surface area contributed by atoms with Crippen molar-refractivity contribution in [2.24, 2.45) is 0 Å². The van der Waals surface area contributed by atoms with E-state index < -0.39 is 5.60 Å². The van der Waals surface area contributed by atoms with Crippen LogP contribution in [-0.4, -0.2) is 29.6 Å². The number of ether oxygens (including phenoxy) is 1. The highest BCUT2D eigenvalue weighted by atomic mass is 35.5. The maximum absolute atomic E-state index is 12.5. The second-order valence-corrected chi connectivity index (χ2v) is 7.26. The molecule has 1 atom stereocenters. The Morgan fingerprint density at radius 1 is 1.12 bits per heavy atom. The number of halogens is 1. The Hall–Kier alpha value is -2.26. The molecule has 128 valence electrons. The van der Waals surface area contributed by atoms with Gasteiger partial charge in [0.1, 0.15) is 5.60 Å². The van der Waals surface area contributed by atoms with Gasteiger partial charge in [-0.15, -0.1) is 0 Å². The predicted octanol–water partition coefficient (Wildman–Crippen LogP) is 4.78. The van der Waals surface area contributed by atoms with Crippen molar-refractivity contribution in [2.45, 2.75) is 24.9 Å². The molecule has 0 radical (unpaired) electrons. The molecule has 2 aromatic carbocycles. The highest BCUT2D eigenvalue weighted by molar-refractivity contribution is 6.30. The van der Waals surface area contributed by atoms with Gasteiger partial charge < -0.3 is 9.64 Å². The summed E-state index contributed by atoms with van der Waals surface area (Å²) in [4.78, 5) is 14.9. The molecule has 2 fully saturated rings. The smallest absolute Gasteiger partial charge is 0.338 e. The molecule has 2 saturated heterocycles. The fourth-order valence-corrected chi connectivity index (χ4v) is 3.90. The summed E-state index contributed by atoms with van der Waals surface area (Å²) in [5.41, 5.74) is 2.57. The summed E-state index contributed by atoms with van der Waals surface area (Å²) in [6.45, 7) is 1.80. The minimum atomic E-state index is -0.399. The fraction of sp³-hybridized carbons (Fsp3) is 0.286. The topological polar surface area (TPSA) is 29.5 Å². The molecule has 1 unspecified atom stereocenters. The van der Waals surface area contributed by atoms with Crippen molar-refractivity contribution < 1.29 is 9.53 Å². The number of benzene rings is 2. The van der Waals surface area contributed by atoms with E-state index in [2.05, 4.69) is 11.0 Å². The fourth-order valence-electron chi connectivity index (χ4n) is 3.77. The third-order valence-electron chi connectivity index (χ3n) is 4.97. The van der Waals surface area contributed by atoms with Crippen molar-refractivity contribution in [1.29, 1.82) is 0 Å². The number of fused-ring (bicyclic) bond motifs is 2. The lowest BCUT2D eigenvalue weighted by molar-refractivity contribution is -0.0270. The van der Waals surface area contributed by atoms with E-state index in [4.69, 9.17) is 16.3 Å². The molecule has 2 bridgehead atoms. The molecule has 0 N–H and O–H groups in total. The molecular weight excluding hydrogens is 334 g/mol. The van der Waals surface area contributed by atoms with Gasteiger partial charge in [-0.2, -0.15) is 0 Å². The maximum Gasteiger partial charge on any atom is 0.338 e. The van der Waals surface area contributed by atoms with Gasteiger partial charge in [-0.05, 0) is 48.7 Å². The van der Waals surface area contributed by atoms with Crippen LogP contribution in [0, 0.1) is 0 Å². The van der Waals surface area contributed by atoms with Gasteiger partial charge in [0, 0.05) is 23.7 Å². The van der Waals surface area contributed by atoms with Gasteiger partial charge in [0.05, 0.1) is 12.1 Å². The molecule has 0 saturated carbocycles. The Balaban J connectivity index is 1.55. The monoisotopic (exact) mass is 353 g/mol. The van der Waals surface area contributed by atoms with E-state index in [0.29, 0.717) is 5.56 Å². The summed E-state index contributed by atoms with van der Waals surface area (Å²) in [5, 5.41) is 0.737. The SMILES string of the molecule is O=C(OC12CCCN(C1)/C(=C/c1ccc(Cl)cc1)C2)c1ccccc1. The van der Waals surface area contributed by atoms with Gasteiger partial charge >= 0.3 is 5.97 Å². The molecule has 0 amide bonds. The summed E-state index contributed by atoms with van der Waals surface area (Å²) in [5.74, 6) is -0.227. The van der Waals surface area contributed by atoms with E-state index in [9.17, 15) is 4.79 Å². The molecule has 2 aliphatic rings. The largest absolute Gasteiger partial charge is 0.453 e. The van der Waals surface area contributed by atoms with Gasteiger partial charge in [-0.25, -0.2) is 4.79 Å². The summed E-state index contributed by atoms with van der Waals surface area (Å²) in [7, 11) is 0. The minimum absolute atomic E-state index is 0.227. The van der Waals surface area contributed by atoms with Crippen molar-refractivity contribution in [1.82, 2.24) is 4.90 Å². The summed E-state index contributed by atoms with van der Waals surface area (Å²) in [6, 6.07) is 17.1. The van der Waals surface area contributed by atoms with Crippen molar-refractivity contribution in [3.05, 3.63) is 76.4 Å². The second-order valence-electron chi connectivity index (χ2n) is 6.83. The molecule has 0 aromatic heterocycles. The zero-order valence-corrected chi connectivity index (χ0v) is 14.7. The van der Waals surface area contributed by atoms with Crippen molar-refractivity contribution in [3.8, 4) is 0 Å². The van der Waals surface area contributed by atoms with Crippen molar-refractivity contribution in [3.63, 3.8) is 0 Å². The maximum atomic E-state index is 12.5. The van der Waals surface area contributed by atoms with E-state index in [1.165, 1.54) is 5.70 Å². The average molecular weight is 354 g/mol. The van der Waals surface area contributed by atoms with E-state index in [1.54, 1.807) is 12.1 Å². The Kier molecular flexibility index (Phi) is 4.26. The van der Waals surface area contributed by atoms with Gasteiger partial charge in [0.15, 0.2) is 0 Å². The third kappa shape index (κ3) is 3.42. The van der Waals surface area contributed by atoms with E-state index in [0.717, 1.165) is 42.9 Å². The van der Waals surface area contributed by atoms with E-state index in [1.807, 2.05) is 42.5 Å². The Labute approximate surface area is 152 Å². The highest BCUT2D eigenvalue weighted by Crippen LogP contribution is 2.41. The standard InChI is InChI=1S/C21H20ClNO2/c22-18-9-7-16(8-10-18)13-19-14-21(11-4-12-23(19)15-21)25-20(24)17-5-2-1-3-6-17/h1-3,5-10,13H,4,11-12,14-15H2/b19-13+. The minimum Gasteiger partial charge on any atom is -0.453 e. The lowest BCUT2D eigenvalue weighted by Crippen LogP contribution is -2.42. The Morgan fingerprint density at radius 2 is 1.88 bits per heavy atom. The predicted molar refractivity (Wildman–Crippen MR) is 99.4 cm³/mol. The van der Waals surface area contributed by atoms with Crippen molar-refractivity contribution >= 4 is 23.6 Å². The molecule has 4 heteroatoms. The van der Waals surface area contributed by atoms with Crippen molar-refractivity contribution in [2.75, 3.05) is 13.1 Å². The lowest BCUT2D eigenvalue weighted by atomic mass is 9.94. The lowest BCUT2D eigenvalue weighted by Gasteiger charge is -2.33. The summed E-state index contributed by atoms with van der Waals surface area (Å²) >= 11 is 5.97. The van der Waals surface area contributed by atoms with Crippen LogP contribution in [0.1, 0.15) is 35.2 Å².